The Morgan fingerprint density at radius 1 is 1.13 bits per heavy atom. The number of benzene rings is 2. The number of aromatic nitrogens is 2. The summed E-state index contributed by atoms with van der Waals surface area (Å²) in [6, 6.07) is 16.3. The Bertz CT molecular complexity index is 2250. The molecule has 1 atom stereocenters. The Morgan fingerprint density at radius 2 is 1.91 bits per heavy atom. The average Bonchev–Trinajstić information content (AvgIpc) is 3.87. The van der Waals surface area contributed by atoms with Gasteiger partial charge >= 0.3 is 0 Å². The molecule has 6 heterocycles. The highest BCUT2D eigenvalue weighted by molar-refractivity contribution is 7.21. The Balaban J connectivity index is 0.994. The van der Waals surface area contributed by atoms with Crippen molar-refractivity contribution < 1.29 is 18.7 Å². The molecule has 1 unspecified atom stereocenters. The number of carbonyl (C=O) groups excluding carboxylic acids is 2. The lowest BCUT2D eigenvalue weighted by Crippen LogP contribution is -2.62. The maximum atomic E-state index is 14.4. The summed E-state index contributed by atoms with van der Waals surface area (Å²) in [6.07, 6.45) is 7.01. The molecule has 274 valence electrons. The molecule has 12 heteroatoms. The summed E-state index contributed by atoms with van der Waals surface area (Å²) < 4.78 is 20.0. The maximum Gasteiger partial charge on any atom is 0.258 e. The van der Waals surface area contributed by atoms with E-state index < -0.39 is 0 Å². The van der Waals surface area contributed by atoms with Gasteiger partial charge in [0.2, 0.25) is 0 Å². The third-order valence-corrected chi connectivity index (χ3v) is 13.1. The molecule has 0 saturated carbocycles. The van der Waals surface area contributed by atoms with Crippen molar-refractivity contribution in [3.63, 3.8) is 0 Å². The average molecular weight is 751 g/mol. The van der Waals surface area contributed by atoms with Crippen LogP contribution in [0.15, 0.2) is 78.0 Å². The number of aromatic amines is 1. The minimum Gasteiger partial charge on any atom is -0.404 e. The quantitative estimate of drug-likeness (QED) is 0.109. The van der Waals surface area contributed by atoms with Crippen LogP contribution in [-0.4, -0.2) is 65.6 Å². The number of nitrogens with two attached hydrogens (primary N) is 1. The first-order chi connectivity index (χ1) is 25.6. The number of nitrogens with zero attached hydrogens (tertiary/aromatic N) is 3. The predicted octanol–water partition coefficient (Wildman–Crippen LogP) is 8.29. The topological polar surface area (TPSA) is 117 Å². The summed E-state index contributed by atoms with van der Waals surface area (Å²) >= 11 is 3.21. The van der Waals surface area contributed by atoms with Crippen LogP contribution in [-0.2, 0) is 16.0 Å². The first-order valence-electron chi connectivity index (χ1n) is 18.2. The third-order valence-electron chi connectivity index (χ3n) is 10.8. The minimum atomic E-state index is -0.351. The number of anilines is 2. The molecule has 5 aromatic rings. The highest BCUT2D eigenvalue weighted by Crippen LogP contribution is 2.48. The van der Waals surface area contributed by atoms with Crippen molar-refractivity contribution >= 4 is 56.2 Å². The van der Waals surface area contributed by atoms with Crippen LogP contribution in [0.1, 0.15) is 53.9 Å². The molecular weight excluding hydrogens is 708 g/mol. The molecule has 53 heavy (non-hydrogen) atoms. The number of fused-ring (bicyclic) bond motifs is 4. The summed E-state index contributed by atoms with van der Waals surface area (Å²) in [4.78, 5) is 43.3. The Hall–Kier alpha value is -4.62. The van der Waals surface area contributed by atoms with Crippen molar-refractivity contribution in [2.75, 3.05) is 43.1 Å². The van der Waals surface area contributed by atoms with Crippen LogP contribution in [0.3, 0.4) is 0 Å². The Labute approximate surface area is 316 Å². The SMILES string of the molecule is CCC(/C(=C\C(C)=C/N)C(=O)Nc1ccc(C(=O)N2CCc3cc(-c4nc5c(F)cccc5[nH]4)sc3-c3cc(C)sc32)cc1)N1CC2(CCOCC2)C1. The molecule has 3 aliphatic rings. The summed E-state index contributed by atoms with van der Waals surface area (Å²) in [7, 11) is 0. The zero-order valence-electron chi connectivity index (χ0n) is 30.1. The number of H-pyrrole nitrogens is 1. The molecule has 2 aromatic carbocycles. The van der Waals surface area contributed by atoms with Crippen LogP contribution >= 0.6 is 22.7 Å². The van der Waals surface area contributed by atoms with E-state index >= 15 is 0 Å². The van der Waals surface area contributed by atoms with Crippen LogP contribution in [0.4, 0.5) is 15.1 Å². The number of carbonyl (C=O) groups is 2. The maximum absolute atomic E-state index is 14.4. The molecule has 0 radical (unpaired) electrons. The number of halogens is 1. The second-order valence-electron chi connectivity index (χ2n) is 14.5. The molecule has 3 aromatic heterocycles. The smallest absolute Gasteiger partial charge is 0.258 e. The number of ether oxygens (including phenoxy) is 1. The van der Waals surface area contributed by atoms with Gasteiger partial charge in [-0.25, -0.2) is 9.37 Å². The summed E-state index contributed by atoms with van der Waals surface area (Å²) in [5.41, 5.74) is 12.0. The fourth-order valence-electron chi connectivity index (χ4n) is 7.96. The number of imidazole rings is 1. The monoisotopic (exact) mass is 750 g/mol. The van der Waals surface area contributed by atoms with E-state index in [1.807, 2.05) is 24.0 Å². The number of nitrogens with one attached hydrogen (secondary N) is 2. The molecule has 2 fully saturated rings. The van der Waals surface area contributed by atoms with E-state index in [0.29, 0.717) is 46.6 Å². The number of para-hydroxylation sites is 1. The number of amides is 2. The van der Waals surface area contributed by atoms with Crippen molar-refractivity contribution in [1.82, 2.24) is 14.9 Å². The van der Waals surface area contributed by atoms with E-state index in [-0.39, 0.29) is 29.1 Å². The lowest BCUT2D eigenvalue weighted by molar-refractivity contribution is -0.116. The standard InChI is InChI=1S/C41H43FN6O3S2/c1-4-33(47-22-41(23-47)13-16-51-17-14-41)29(18-24(2)21-43)38(49)44-28-10-8-26(9-11-28)39(50)48-15-12-27-20-34(53-36(27)30-19-25(3)52-40(30)48)37-45-32-7-5-6-31(42)35(32)46-37/h5-11,18-21,33H,4,12-17,22-23,43H2,1-3H3,(H,44,49)(H,45,46)/b24-21-,29-18+. The van der Waals surface area contributed by atoms with Crippen LogP contribution in [0.5, 0.6) is 0 Å². The van der Waals surface area contributed by atoms with Gasteiger partial charge in [0.25, 0.3) is 11.8 Å². The molecule has 1 spiro atoms. The van der Waals surface area contributed by atoms with Crippen molar-refractivity contribution in [2.45, 2.75) is 52.5 Å². The molecule has 9 nitrogen and oxygen atoms in total. The van der Waals surface area contributed by atoms with Crippen LogP contribution in [0, 0.1) is 18.2 Å². The second-order valence-corrected chi connectivity index (χ2v) is 16.7. The van der Waals surface area contributed by atoms with Crippen LogP contribution in [0.25, 0.3) is 32.2 Å². The van der Waals surface area contributed by atoms with Crippen LogP contribution < -0.4 is 16.0 Å². The first kappa shape index (κ1) is 35.4. The fraction of sp³-hybridized carbons (Fsp3) is 0.341. The van der Waals surface area contributed by atoms with Gasteiger partial charge in [-0.2, -0.15) is 0 Å². The second kappa shape index (κ2) is 14.3. The van der Waals surface area contributed by atoms with Gasteiger partial charge < -0.3 is 20.8 Å². The lowest BCUT2D eigenvalue weighted by atomic mass is 9.72. The summed E-state index contributed by atoms with van der Waals surface area (Å²) in [6.45, 7) is 10.1. The largest absolute Gasteiger partial charge is 0.404 e. The first-order valence-corrected chi connectivity index (χ1v) is 19.8. The molecule has 3 aliphatic heterocycles. The van der Waals surface area contributed by atoms with E-state index in [0.717, 1.165) is 81.9 Å². The summed E-state index contributed by atoms with van der Waals surface area (Å²) in [5, 5.41) is 4.01. The van der Waals surface area contributed by atoms with Gasteiger partial charge in [-0.3, -0.25) is 19.4 Å². The van der Waals surface area contributed by atoms with Gasteiger partial charge in [-0.05, 0) is 111 Å². The normalized spacial score (nSPS) is 18.0. The number of rotatable bonds is 8. The van der Waals surface area contributed by atoms with Crippen molar-refractivity contribution in [2.24, 2.45) is 11.1 Å². The predicted molar refractivity (Wildman–Crippen MR) is 212 cm³/mol. The van der Waals surface area contributed by atoms with Gasteiger partial charge in [0.1, 0.15) is 16.3 Å². The highest BCUT2D eigenvalue weighted by atomic mass is 32.1. The Morgan fingerprint density at radius 3 is 2.62 bits per heavy atom. The van der Waals surface area contributed by atoms with Gasteiger partial charge in [0.05, 0.1) is 10.4 Å². The van der Waals surface area contributed by atoms with E-state index in [9.17, 15) is 14.0 Å². The van der Waals surface area contributed by atoms with Gasteiger partial charge in [0.15, 0.2) is 5.82 Å². The van der Waals surface area contributed by atoms with Crippen molar-refractivity contribution in [1.29, 1.82) is 0 Å². The third kappa shape index (κ3) is 6.73. The number of likely N-dealkylation sites (tertiary alicyclic amines) is 1. The molecule has 0 aliphatic carbocycles. The number of aryl methyl sites for hydroxylation is 1. The molecular formula is C41H43FN6O3S2. The lowest BCUT2D eigenvalue weighted by Gasteiger charge is -2.55. The van der Waals surface area contributed by atoms with E-state index in [1.54, 1.807) is 53.0 Å². The number of allylic oxidation sites excluding steroid dienone is 2. The number of thiophene rings is 2. The summed E-state index contributed by atoms with van der Waals surface area (Å²) in [5.74, 6) is 0.0226. The molecule has 2 saturated heterocycles. The zero-order chi connectivity index (χ0) is 36.9. The minimum absolute atomic E-state index is 0.0354. The number of hydrogen-bond acceptors (Lipinski definition) is 8. The molecule has 0 bridgehead atoms. The number of hydrogen-bond donors (Lipinski definition) is 3. The fourth-order valence-corrected chi connectivity index (χ4v) is 10.2. The van der Waals surface area contributed by atoms with E-state index in [2.05, 4.69) is 46.2 Å². The molecule has 2 amide bonds. The molecule has 4 N–H and O–H groups in total. The Kier molecular flexibility index (Phi) is 9.56. The van der Waals surface area contributed by atoms with E-state index in [4.69, 9.17) is 10.5 Å². The molecule has 8 rings (SSSR count). The highest BCUT2D eigenvalue weighted by Gasteiger charge is 2.47. The van der Waals surface area contributed by atoms with Gasteiger partial charge in [-0.1, -0.05) is 13.0 Å². The van der Waals surface area contributed by atoms with Crippen LogP contribution in [0.2, 0.25) is 0 Å². The van der Waals surface area contributed by atoms with Crippen molar-refractivity contribution in [3.05, 3.63) is 99.8 Å². The zero-order valence-corrected chi connectivity index (χ0v) is 31.8. The van der Waals surface area contributed by atoms with Gasteiger partial charge in [0, 0.05) is 76.4 Å². The van der Waals surface area contributed by atoms with E-state index in [1.165, 1.54) is 12.3 Å². The van der Waals surface area contributed by atoms with Gasteiger partial charge in [-0.15, -0.1) is 22.7 Å². The van der Waals surface area contributed by atoms with Crippen molar-refractivity contribution in [3.8, 4) is 21.1 Å².